The second-order valence-corrected chi connectivity index (χ2v) is 13.7. The Balaban J connectivity index is 1.18. The molecule has 3 heterocycles. The van der Waals surface area contributed by atoms with Gasteiger partial charge in [0, 0.05) is 42.5 Å². The largest absolute Gasteiger partial charge is 0.618 e. The Labute approximate surface area is 298 Å². The summed E-state index contributed by atoms with van der Waals surface area (Å²) in [5.41, 5.74) is 4.93. The fourth-order valence-corrected chi connectivity index (χ4v) is 7.60. The lowest BCUT2D eigenvalue weighted by molar-refractivity contribution is -0.645. The summed E-state index contributed by atoms with van der Waals surface area (Å²) in [5, 5.41) is 25.2. The SMILES string of the molecule is CC1C(CSc2cccc[n+]2[O-])OC(c2ccc(-c3ccccc3CNC(=O)C3CCCN3C(=O)C(F)(F)F)cc2)OC1c1ccc(CO)cc1. The predicted molar refractivity (Wildman–Crippen MR) is 184 cm³/mol. The number of ether oxygens (including phenoxy) is 2. The normalized spacial score (nSPS) is 22.1. The molecule has 268 valence electrons. The number of nitrogens with one attached hydrogen (secondary N) is 1. The van der Waals surface area contributed by atoms with Crippen LogP contribution in [0.25, 0.3) is 11.1 Å². The zero-order valence-electron chi connectivity index (χ0n) is 27.8. The maximum atomic E-state index is 13.1. The van der Waals surface area contributed by atoms with Crippen LogP contribution in [0.4, 0.5) is 13.2 Å². The highest BCUT2D eigenvalue weighted by Crippen LogP contribution is 2.43. The molecule has 2 fully saturated rings. The molecule has 5 atom stereocenters. The standard InChI is InChI=1S/C38H38F3N3O6S/c1-24-32(23-51-33-10-4-5-20-44(33)48)49-36(50-34(24)27-13-11-25(22-45)12-14-27)28-17-15-26(16-18-28)30-8-3-2-7-29(30)21-42-35(46)31-9-6-19-43(31)37(47)38(39,40)41/h2-5,7-8,10-18,20,24,31-32,34,36,45H,6,9,19,21-23H2,1H3,(H,42,46). The van der Waals surface area contributed by atoms with Gasteiger partial charge in [-0.2, -0.15) is 17.9 Å². The second kappa shape index (κ2) is 15.9. The fourth-order valence-electron chi connectivity index (χ4n) is 6.52. The molecule has 51 heavy (non-hydrogen) atoms. The number of nitrogens with zero attached hydrogens (tertiary/aromatic N) is 2. The molecule has 0 bridgehead atoms. The Kier molecular flexibility index (Phi) is 11.3. The molecule has 0 radical (unpaired) electrons. The molecule has 2 N–H and O–H groups in total. The van der Waals surface area contributed by atoms with Crippen LogP contribution in [0.1, 0.15) is 54.4 Å². The molecule has 4 aromatic rings. The Bertz CT molecular complexity index is 1830. The van der Waals surface area contributed by atoms with Crippen LogP contribution in [-0.2, 0) is 32.2 Å². The summed E-state index contributed by atoms with van der Waals surface area (Å²) >= 11 is 1.41. The van der Waals surface area contributed by atoms with E-state index in [2.05, 4.69) is 12.2 Å². The van der Waals surface area contributed by atoms with Crippen molar-refractivity contribution in [3.63, 3.8) is 0 Å². The molecule has 6 rings (SSSR count). The van der Waals surface area contributed by atoms with E-state index < -0.39 is 30.3 Å². The molecular weight excluding hydrogens is 683 g/mol. The predicted octanol–water partition coefficient (Wildman–Crippen LogP) is 6.23. The highest BCUT2D eigenvalue weighted by molar-refractivity contribution is 7.99. The van der Waals surface area contributed by atoms with Crippen molar-refractivity contribution in [1.29, 1.82) is 0 Å². The average molecular weight is 722 g/mol. The first-order valence-electron chi connectivity index (χ1n) is 16.7. The summed E-state index contributed by atoms with van der Waals surface area (Å²) in [6.45, 7) is 1.94. The number of carbonyl (C=O) groups is 2. The summed E-state index contributed by atoms with van der Waals surface area (Å²) in [6.07, 6.45) is -4.42. The van der Waals surface area contributed by atoms with Crippen LogP contribution in [0, 0.1) is 11.1 Å². The van der Waals surface area contributed by atoms with Crippen molar-refractivity contribution in [2.24, 2.45) is 5.92 Å². The minimum atomic E-state index is -5.04. The van der Waals surface area contributed by atoms with Gasteiger partial charge in [-0.3, -0.25) is 9.59 Å². The summed E-state index contributed by atoms with van der Waals surface area (Å²) in [6, 6.07) is 26.8. The first kappa shape index (κ1) is 36.4. The first-order valence-corrected chi connectivity index (χ1v) is 17.7. The van der Waals surface area contributed by atoms with Crippen molar-refractivity contribution in [2.75, 3.05) is 12.3 Å². The van der Waals surface area contributed by atoms with Gasteiger partial charge in [0.15, 0.2) is 12.5 Å². The van der Waals surface area contributed by atoms with Crippen molar-refractivity contribution in [1.82, 2.24) is 10.2 Å². The third kappa shape index (κ3) is 8.39. The van der Waals surface area contributed by atoms with Crippen molar-refractivity contribution < 1.29 is 42.1 Å². The molecule has 0 aliphatic carbocycles. The number of benzene rings is 3. The average Bonchev–Trinajstić information content (AvgIpc) is 3.64. The van der Waals surface area contributed by atoms with Crippen molar-refractivity contribution in [2.45, 2.75) is 68.7 Å². The summed E-state index contributed by atoms with van der Waals surface area (Å²) < 4.78 is 53.2. The van der Waals surface area contributed by atoms with E-state index in [1.807, 2.05) is 78.9 Å². The fraction of sp³-hybridized carbons (Fsp3) is 0.342. The number of aromatic nitrogens is 1. The van der Waals surface area contributed by atoms with E-state index in [9.17, 15) is 33.1 Å². The topological polar surface area (TPSA) is 115 Å². The van der Waals surface area contributed by atoms with Crippen LogP contribution in [0.15, 0.2) is 102 Å². The van der Waals surface area contributed by atoms with Crippen LogP contribution in [-0.4, -0.2) is 52.4 Å². The Hall–Kier alpha value is -4.43. The minimum absolute atomic E-state index is 0.0644. The number of halogens is 3. The van der Waals surface area contributed by atoms with Crippen LogP contribution in [0.5, 0.6) is 0 Å². The number of hydrogen-bond acceptors (Lipinski definition) is 7. The number of aliphatic hydroxyl groups excluding tert-OH is 1. The van der Waals surface area contributed by atoms with E-state index in [0.29, 0.717) is 22.1 Å². The van der Waals surface area contributed by atoms with E-state index in [0.717, 1.165) is 38.1 Å². The third-order valence-electron chi connectivity index (χ3n) is 9.33. The number of aliphatic hydroxyl groups is 1. The molecular formula is C38H38F3N3O6S. The molecule has 9 nitrogen and oxygen atoms in total. The molecule has 0 spiro atoms. The second-order valence-electron chi connectivity index (χ2n) is 12.6. The number of alkyl halides is 3. The van der Waals surface area contributed by atoms with Crippen LogP contribution < -0.4 is 10.0 Å². The van der Waals surface area contributed by atoms with Gasteiger partial charge in [0.25, 0.3) is 5.03 Å². The van der Waals surface area contributed by atoms with Crippen LogP contribution in [0.2, 0.25) is 0 Å². The lowest BCUT2D eigenvalue weighted by Crippen LogP contribution is -2.50. The highest BCUT2D eigenvalue weighted by atomic mass is 32.2. The molecule has 2 aliphatic rings. The minimum Gasteiger partial charge on any atom is -0.618 e. The van der Waals surface area contributed by atoms with Gasteiger partial charge >= 0.3 is 12.1 Å². The van der Waals surface area contributed by atoms with Gasteiger partial charge in [-0.25, -0.2) is 0 Å². The summed E-state index contributed by atoms with van der Waals surface area (Å²) in [4.78, 5) is 25.4. The van der Waals surface area contributed by atoms with E-state index in [1.54, 1.807) is 12.1 Å². The Morgan fingerprint density at radius 2 is 1.69 bits per heavy atom. The number of thioether (sulfide) groups is 1. The maximum absolute atomic E-state index is 13.1. The lowest BCUT2D eigenvalue weighted by Gasteiger charge is -2.41. The van der Waals surface area contributed by atoms with Crippen molar-refractivity contribution >= 4 is 23.6 Å². The number of likely N-dealkylation sites (tertiary alicyclic amines) is 1. The quantitative estimate of drug-likeness (QED) is 0.113. The van der Waals surface area contributed by atoms with E-state index >= 15 is 0 Å². The Morgan fingerprint density at radius 3 is 2.39 bits per heavy atom. The molecule has 3 aromatic carbocycles. The van der Waals surface area contributed by atoms with Gasteiger partial charge in [-0.1, -0.05) is 91.5 Å². The molecule has 2 saturated heterocycles. The van der Waals surface area contributed by atoms with Crippen molar-refractivity contribution in [3.8, 4) is 11.1 Å². The van der Waals surface area contributed by atoms with Gasteiger partial charge < -0.3 is 30.0 Å². The number of rotatable bonds is 10. The smallest absolute Gasteiger partial charge is 0.471 e. The zero-order valence-corrected chi connectivity index (χ0v) is 28.6. The zero-order chi connectivity index (χ0) is 36.1. The molecule has 2 amide bonds. The van der Waals surface area contributed by atoms with Gasteiger partial charge in [0.1, 0.15) is 6.04 Å². The molecule has 5 unspecified atom stereocenters. The van der Waals surface area contributed by atoms with Gasteiger partial charge in [0.05, 0.1) is 18.8 Å². The van der Waals surface area contributed by atoms with E-state index in [1.165, 1.54) is 18.0 Å². The number of hydrogen-bond donors (Lipinski definition) is 2. The monoisotopic (exact) mass is 721 g/mol. The first-order chi connectivity index (χ1) is 24.5. The van der Waals surface area contributed by atoms with Crippen molar-refractivity contribution in [3.05, 3.63) is 125 Å². The lowest BCUT2D eigenvalue weighted by atomic mass is 9.91. The van der Waals surface area contributed by atoms with Crippen LogP contribution in [0.3, 0.4) is 0 Å². The molecule has 2 aliphatic heterocycles. The molecule has 1 aromatic heterocycles. The molecule has 13 heteroatoms. The van der Waals surface area contributed by atoms with Gasteiger partial charge in [0.2, 0.25) is 5.91 Å². The number of amides is 2. The van der Waals surface area contributed by atoms with E-state index in [4.69, 9.17) is 9.47 Å². The number of pyridine rings is 1. The van der Waals surface area contributed by atoms with E-state index in [-0.39, 0.29) is 44.2 Å². The van der Waals surface area contributed by atoms with Crippen LogP contribution >= 0.6 is 11.8 Å². The highest BCUT2D eigenvalue weighted by Gasteiger charge is 2.47. The maximum Gasteiger partial charge on any atom is 0.471 e. The summed E-state index contributed by atoms with van der Waals surface area (Å²) in [7, 11) is 0. The summed E-state index contributed by atoms with van der Waals surface area (Å²) in [5.74, 6) is -2.18. The van der Waals surface area contributed by atoms with Gasteiger partial charge in [-0.05, 0) is 46.7 Å². The Morgan fingerprint density at radius 1 is 0.980 bits per heavy atom. The van der Waals surface area contributed by atoms with Gasteiger partial charge in [-0.15, -0.1) is 0 Å². The third-order valence-corrected chi connectivity index (χ3v) is 10.4. The molecule has 0 saturated carbocycles. The number of carbonyl (C=O) groups excluding carboxylic acids is 2.